The Kier molecular flexibility index (Phi) is 4.16. The van der Waals surface area contributed by atoms with E-state index in [9.17, 15) is 12.8 Å². The van der Waals surface area contributed by atoms with Crippen LogP contribution in [-0.4, -0.2) is 14.7 Å². The summed E-state index contributed by atoms with van der Waals surface area (Å²) in [4.78, 5) is 1.29. The molecular weight excluding hydrogens is 339 g/mol. The van der Waals surface area contributed by atoms with Crippen molar-refractivity contribution in [1.82, 2.24) is 0 Å². The molecule has 0 saturated heterocycles. The zero-order valence-corrected chi connectivity index (χ0v) is 14.2. The van der Waals surface area contributed by atoms with Gasteiger partial charge < -0.3 is 0 Å². The molecule has 1 aromatic carbocycles. The van der Waals surface area contributed by atoms with Crippen LogP contribution in [0.2, 0.25) is 0 Å². The van der Waals surface area contributed by atoms with Crippen molar-refractivity contribution in [3.63, 3.8) is 0 Å². The smallest absolute Gasteiger partial charge is 0.175 e. The van der Waals surface area contributed by atoms with Crippen molar-refractivity contribution in [2.24, 2.45) is 0 Å². The van der Waals surface area contributed by atoms with Gasteiger partial charge in [-0.2, -0.15) is 11.3 Å². The van der Waals surface area contributed by atoms with Crippen molar-refractivity contribution in [1.29, 1.82) is 0 Å². The molecule has 0 aliphatic heterocycles. The Bertz CT molecular complexity index is 890. The van der Waals surface area contributed by atoms with Crippen LogP contribution in [0.15, 0.2) is 51.4 Å². The lowest BCUT2D eigenvalue weighted by Crippen LogP contribution is -1.96. The van der Waals surface area contributed by atoms with Crippen molar-refractivity contribution in [3.8, 4) is 11.1 Å². The molecule has 0 atom stereocenters. The highest BCUT2D eigenvalue weighted by Crippen LogP contribution is 2.31. The van der Waals surface area contributed by atoms with Gasteiger partial charge in [0.15, 0.2) is 9.84 Å². The van der Waals surface area contributed by atoms with Crippen LogP contribution < -0.4 is 0 Å². The van der Waals surface area contributed by atoms with Gasteiger partial charge in [-0.25, -0.2) is 12.8 Å². The van der Waals surface area contributed by atoms with Gasteiger partial charge in [0.05, 0.1) is 4.90 Å². The van der Waals surface area contributed by atoms with E-state index in [1.807, 2.05) is 17.5 Å². The number of thiophene rings is 2. The van der Waals surface area contributed by atoms with Crippen molar-refractivity contribution in [2.45, 2.75) is 11.3 Å². The summed E-state index contributed by atoms with van der Waals surface area (Å²) in [5.41, 5.74) is 3.17. The maximum atomic E-state index is 13.1. The van der Waals surface area contributed by atoms with E-state index >= 15 is 0 Å². The quantitative estimate of drug-likeness (QED) is 0.687. The molecule has 0 aliphatic carbocycles. The molecule has 0 unspecified atom stereocenters. The first-order valence-corrected chi connectivity index (χ1v) is 10.2. The Hall–Kier alpha value is -1.50. The van der Waals surface area contributed by atoms with Crippen LogP contribution in [0.4, 0.5) is 4.39 Å². The van der Waals surface area contributed by atoms with Gasteiger partial charge in [0, 0.05) is 22.9 Å². The van der Waals surface area contributed by atoms with Crippen LogP contribution in [0.3, 0.4) is 0 Å². The maximum absolute atomic E-state index is 13.1. The van der Waals surface area contributed by atoms with E-state index in [0.29, 0.717) is 11.3 Å². The second-order valence-corrected chi connectivity index (χ2v) is 8.77. The third-order valence-corrected chi connectivity index (χ3v) is 6.15. The summed E-state index contributed by atoms with van der Waals surface area (Å²) in [5, 5.41) is 5.59. The first-order valence-electron chi connectivity index (χ1n) is 6.52. The fraction of sp³-hybridized carbons (Fsp3) is 0.125. The minimum absolute atomic E-state index is 0.200. The third kappa shape index (κ3) is 3.29. The average molecular weight is 352 g/mol. The summed E-state index contributed by atoms with van der Waals surface area (Å²) in [6, 6.07) is 8.43. The maximum Gasteiger partial charge on any atom is 0.175 e. The first-order chi connectivity index (χ1) is 10.4. The number of hydrogen-bond donors (Lipinski definition) is 0. The highest BCUT2D eigenvalue weighted by molar-refractivity contribution is 7.90. The molecule has 2 aromatic heterocycles. The van der Waals surface area contributed by atoms with Gasteiger partial charge >= 0.3 is 0 Å². The normalized spacial score (nSPS) is 11.7. The topological polar surface area (TPSA) is 34.1 Å². The lowest BCUT2D eigenvalue weighted by Gasteiger charge is -2.05. The highest BCUT2D eigenvalue weighted by Gasteiger charge is 2.11. The fourth-order valence-corrected chi connectivity index (χ4v) is 4.48. The van der Waals surface area contributed by atoms with Crippen molar-refractivity contribution < 1.29 is 12.8 Å². The number of hydrogen-bond acceptors (Lipinski definition) is 4. The van der Waals surface area contributed by atoms with Crippen LogP contribution in [0.1, 0.15) is 10.4 Å². The number of sulfone groups is 1. The summed E-state index contributed by atoms with van der Waals surface area (Å²) in [7, 11) is -3.18. The molecule has 6 heteroatoms. The molecule has 3 rings (SSSR count). The van der Waals surface area contributed by atoms with Crippen molar-refractivity contribution in [2.75, 3.05) is 6.26 Å². The summed E-state index contributed by atoms with van der Waals surface area (Å²) in [6.07, 6.45) is 1.88. The molecule has 2 heterocycles. The molecule has 0 N–H and O–H groups in total. The van der Waals surface area contributed by atoms with Gasteiger partial charge in [-0.15, -0.1) is 11.3 Å². The summed E-state index contributed by atoms with van der Waals surface area (Å²) in [6.45, 7) is 0. The summed E-state index contributed by atoms with van der Waals surface area (Å²) in [5.74, 6) is -0.200. The lowest BCUT2D eigenvalue weighted by molar-refractivity contribution is 0.602. The molecule has 0 fully saturated rings. The Morgan fingerprint density at radius 2 is 1.82 bits per heavy atom. The Morgan fingerprint density at radius 1 is 1.09 bits per heavy atom. The van der Waals surface area contributed by atoms with Crippen LogP contribution in [-0.2, 0) is 16.3 Å². The molecule has 2 nitrogen and oxygen atoms in total. The minimum Gasteiger partial charge on any atom is -0.224 e. The van der Waals surface area contributed by atoms with Gasteiger partial charge in [0.1, 0.15) is 5.82 Å². The molecule has 0 saturated carbocycles. The molecule has 114 valence electrons. The van der Waals surface area contributed by atoms with E-state index in [4.69, 9.17) is 0 Å². The van der Waals surface area contributed by atoms with Crippen LogP contribution in [0.25, 0.3) is 11.1 Å². The molecule has 0 aliphatic rings. The highest BCUT2D eigenvalue weighted by atomic mass is 32.2. The average Bonchev–Trinajstić information content (AvgIpc) is 3.08. The molecule has 0 radical (unpaired) electrons. The lowest BCUT2D eigenvalue weighted by atomic mass is 10.0. The Labute approximate surface area is 136 Å². The summed E-state index contributed by atoms with van der Waals surface area (Å²) >= 11 is 3.00. The number of benzene rings is 1. The zero-order valence-electron chi connectivity index (χ0n) is 11.7. The van der Waals surface area contributed by atoms with Gasteiger partial charge in [-0.3, -0.25) is 0 Å². The monoisotopic (exact) mass is 352 g/mol. The molecular formula is C16H13FO2S3. The molecule has 22 heavy (non-hydrogen) atoms. The van der Waals surface area contributed by atoms with Crippen LogP contribution in [0.5, 0.6) is 0 Å². The van der Waals surface area contributed by atoms with Crippen LogP contribution >= 0.6 is 22.7 Å². The second-order valence-electron chi connectivity index (χ2n) is 5.02. The SMILES string of the molecule is CS(=O)(=O)c1ccc(-c2cscc2Cc2cc(F)cs2)cc1. The van der Waals surface area contributed by atoms with Gasteiger partial charge in [-0.05, 0) is 45.6 Å². The predicted molar refractivity (Wildman–Crippen MR) is 89.9 cm³/mol. The van der Waals surface area contributed by atoms with Crippen molar-refractivity contribution >= 4 is 32.5 Å². The fourth-order valence-electron chi connectivity index (χ4n) is 2.23. The van der Waals surface area contributed by atoms with Crippen molar-refractivity contribution in [3.05, 3.63) is 62.7 Å². The Balaban J connectivity index is 1.91. The van der Waals surface area contributed by atoms with E-state index in [1.54, 1.807) is 29.5 Å². The minimum atomic E-state index is -3.18. The van der Waals surface area contributed by atoms with E-state index in [0.717, 1.165) is 21.6 Å². The second kappa shape index (κ2) is 5.95. The standard InChI is InChI=1S/C16H13FO2S3/c1-22(18,19)15-4-2-11(3-5-15)16-10-20-8-12(16)6-14-7-13(17)9-21-14/h2-5,7-10H,6H2,1H3. The van der Waals surface area contributed by atoms with E-state index in [-0.39, 0.29) is 5.82 Å². The molecule has 3 aromatic rings. The van der Waals surface area contributed by atoms with E-state index < -0.39 is 9.84 Å². The van der Waals surface area contributed by atoms with Gasteiger partial charge in [0.25, 0.3) is 0 Å². The van der Waals surface area contributed by atoms with Gasteiger partial charge in [0.2, 0.25) is 0 Å². The van der Waals surface area contributed by atoms with E-state index in [1.165, 1.54) is 23.0 Å². The van der Waals surface area contributed by atoms with Crippen LogP contribution in [0, 0.1) is 5.82 Å². The summed E-state index contributed by atoms with van der Waals surface area (Å²) < 4.78 is 36.1. The molecule has 0 amide bonds. The largest absolute Gasteiger partial charge is 0.224 e. The number of halogens is 1. The molecule has 0 spiro atoms. The molecule has 0 bridgehead atoms. The zero-order chi connectivity index (χ0) is 15.7. The van der Waals surface area contributed by atoms with Gasteiger partial charge in [-0.1, -0.05) is 12.1 Å². The van der Waals surface area contributed by atoms with E-state index in [2.05, 4.69) is 5.38 Å². The Morgan fingerprint density at radius 3 is 2.41 bits per heavy atom. The number of rotatable bonds is 4. The first kappa shape index (κ1) is 15.4. The third-order valence-electron chi connectivity index (χ3n) is 3.32. The predicted octanol–water partition coefficient (Wildman–Crippen LogP) is 4.61.